The lowest BCUT2D eigenvalue weighted by atomic mass is 10.0. The number of hydrogen-bond acceptors (Lipinski definition) is 7. The smallest absolute Gasteiger partial charge is 0.412 e. The van der Waals surface area contributed by atoms with Gasteiger partial charge in [-0.15, -0.1) is 0 Å². The Balaban J connectivity index is 2.02. The Hall–Kier alpha value is -3.55. The summed E-state index contributed by atoms with van der Waals surface area (Å²) in [5, 5.41) is 10.2. The highest BCUT2D eigenvalue weighted by atomic mass is 16.6. The molecule has 3 aromatic rings. The molecule has 0 unspecified atom stereocenters. The van der Waals surface area contributed by atoms with E-state index < -0.39 is 11.7 Å². The molecular weight excluding hydrogens is 396 g/mol. The van der Waals surface area contributed by atoms with E-state index in [2.05, 4.69) is 20.8 Å². The number of ether oxygens (including phenoxy) is 2. The minimum Gasteiger partial charge on any atom is -0.496 e. The van der Waals surface area contributed by atoms with Crippen LogP contribution in [-0.4, -0.2) is 28.9 Å². The molecule has 0 aliphatic rings. The second-order valence-electron chi connectivity index (χ2n) is 8.10. The van der Waals surface area contributed by atoms with Crippen molar-refractivity contribution < 1.29 is 18.8 Å². The van der Waals surface area contributed by atoms with Crippen molar-refractivity contribution in [2.75, 3.05) is 17.7 Å². The van der Waals surface area contributed by atoms with Crippen LogP contribution in [0.25, 0.3) is 11.1 Å². The molecule has 1 amide bonds. The van der Waals surface area contributed by atoms with Crippen LogP contribution in [0.3, 0.4) is 0 Å². The molecule has 0 spiro atoms. The summed E-state index contributed by atoms with van der Waals surface area (Å²) < 4.78 is 16.4. The first-order valence-corrected chi connectivity index (χ1v) is 9.97. The number of nitrogens with zero attached hydrogens (tertiary/aromatic N) is 2. The highest BCUT2D eigenvalue weighted by molar-refractivity contribution is 5.93. The Labute approximate surface area is 182 Å². The maximum atomic E-state index is 12.5. The Morgan fingerprint density at radius 1 is 1.16 bits per heavy atom. The van der Waals surface area contributed by atoms with Crippen LogP contribution < -0.4 is 15.4 Å². The molecule has 31 heavy (non-hydrogen) atoms. The zero-order valence-electron chi connectivity index (χ0n) is 18.7. The molecule has 0 atom stereocenters. The van der Waals surface area contributed by atoms with E-state index in [9.17, 15) is 4.79 Å². The van der Waals surface area contributed by atoms with Crippen molar-refractivity contribution in [2.45, 2.75) is 46.8 Å². The number of methoxy groups -OCH3 is 1. The number of anilines is 2. The van der Waals surface area contributed by atoms with Gasteiger partial charge in [0.25, 0.3) is 0 Å². The van der Waals surface area contributed by atoms with Gasteiger partial charge in [-0.3, -0.25) is 10.3 Å². The van der Waals surface area contributed by atoms with Crippen LogP contribution in [0.1, 0.15) is 37.9 Å². The molecule has 0 radical (unpaired) electrons. The van der Waals surface area contributed by atoms with E-state index in [0.29, 0.717) is 29.4 Å². The van der Waals surface area contributed by atoms with Gasteiger partial charge in [-0.2, -0.15) is 0 Å². The molecule has 1 aromatic carbocycles. The van der Waals surface area contributed by atoms with E-state index in [0.717, 1.165) is 22.5 Å². The molecule has 2 N–H and O–H groups in total. The summed E-state index contributed by atoms with van der Waals surface area (Å²) in [5.41, 5.74) is 3.76. The zero-order chi connectivity index (χ0) is 22.6. The van der Waals surface area contributed by atoms with Gasteiger partial charge in [0.05, 0.1) is 42.0 Å². The van der Waals surface area contributed by atoms with Crippen molar-refractivity contribution in [1.82, 2.24) is 10.1 Å². The van der Waals surface area contributed by atoms with E-state index in [4.69, 9.17) is 14.0 Å². The largest absolute Gasteiger partial charge is 0.496 e. The van der Waals surface area contributed by atoms with Gasteiger partial charge in [0, 0.05) is 17.8 Å². The third kappa shape index (κ3) is 5.53. The number of carbonyl (C=O) groups excluding carboxylic acids is 1. The van der Waals surface area contributed by atoms with Crippen molar-refractivity contribution in [3.8, 4) is 16.9 Å². The predicted molar refractivity (Wildman–Crippen MR) is 119 cm³/mol. The summed E-state index contributed by atoms with van der Waals surface area (Å²) >= 11 is 0. The molecule has 0 aliphatic carbocycles. The molecule has 2 aromatic heterocycles. The maximum Gasteiger partial charge on any atom is 0.412 e. The first-order valence-electron chi connectivity index (χ1n) is 9.97. The summed E-state index contributed by atoms with van der Waals surface area (Å²) in [6.45, 7) is 9.61. The average molecular weight is 425 g/mol. The lowest BCUT2D eigenvalue weighted by Crippen LogP contribution is -2.27. The second-order valence-corrected chi connectivity index (χ2v) is 8.10. The summed E-state index contributed by atoms with van der Waals surface area (Å²) in [5.74, 6) is 1.28. The Morgan fingerprint density at radius 3 is 2.52 bits per heavy atom. The molecule has 0 saturated carbocycles. The standard InChI is InChI=1S/C23H28N4O4/c1-14-21(15(2)31-27-14)17-11-19(26-22(28)30-23(3,4)5)18(12-20(17)29-6)25-13-16-9-7-8-10-24-16/h7-12,25H,13H2,1-6H3,(H,26,28). The van der Waals surface area contributed by atoms with Crippen molar-refractivity contribution in [3.63, 3.8) is 0 Å². The van der Waals surface area contributed by atoms with E-state index in [-0.39, 0.29) is 0 Å². The third-order valence-corrected chi connectivity index (χ3v) is 4.46. The van der Waals surface area contributed by atoms with Gasteiger partial charge < -0.3 is 19.3 Å². The normalized spacial score (nSPS) is 11.2. The minimum absolute atomic E-state index is 0.470. The molecule has 0 aliphatic heterocycles. The molecule has 2 heterocycles. The molecular formula is C23H28N4O4. The van der Waals surface area contributed by atoms with Gasteiger partial charge in [-0.25, -0.2) is 4.79 Å². The second kappa shape index (κ2) is 9.07. The van der Waals surface area contributed by atoms with Crippen molar-refractivity contribution >= 4 is 17.5 Å². The number of amides is 1. The van der Waals surface area contributed by atoms with Gasteiger partial charge in [0.2, 0.25) is 0 Å². The summed E-state index contributed by atoms with van der Waals surface area (Å²) in [4.78, 5) is 16.8. The molecule has 0 fully saturated rings. The molecule has 3 rings (SSSR count). The quantitative estimate of drug-likeness (QED) is 0.552. The van der Waals surface area contributed by atoms with Crippen LogP contribution in [-0.2, 0) is 11.3 Å². The van der Waals surface area contributed by atoms with Gasteiger partial charge in [0.1, 0.15) is 17.1 Å². The molecule has 8 heteroatoms. The number of hydrogen-bond donors (Lipinski definition) is 2. The Kier molecular flexibility index (Phi) is 6.48. The number of nitrogens with one attached hydrogen (secondary N) is 2. The highest BCUT2D eigenvalue weighted by Crippen LogP contribution is 2.40. The monoisotopic (exact) mass is 424 g/mol. The fourth-order valence-electron chi connectivity index (χ4n) is 3.16. The first-order chi connectivity index (χ1) is 14.7. The molecule has 164 valence electrons. The van der Waals surface area contributed by atoms with Crippen LogP contribution >= 0.6 is 0 Å². The lowest BCUT2D eigenvalue weighted by molar-refractivity contribution is 0.0636. The molecule has 8 nitrogen and oxygen atoms in total. The van der Waals surface area contributed by atoms with Crippen LogP contribution in [0, 0.1) is 13.8 Å². The lowest BCUT2D eigenvalue weighted by Gasteiger charge is -2.22. The van der Waals surface area contributed by atoms with Crippen molar-refractivity contribution in [2.24, 2.45) is 0 Å². The maximum absolute atomic E-state index is 12.5. The van der Waals surface area contributed by atoms with E-state index in [1.165, 1.54) is 0 Å². The summed E-state index contributed by atoms with van der Waals surface area (Å²) in [6.07, 6.45) is 1.18. The third-order valence-electron chi connectivity index (χ3n) is 4.46. The summed E-state index contributed by atoms with van der Waals surface area (Å²) in [6, 6.07) is 9.36. The number of benzene rings is 1. The molecule has 0 saturated heterocycles. The van der Waals surface area contributed by atoms with Crippen LogP contribution in [0.15, 0.2) is 41.1 Å². The Morgan fingerprint density at radius 2 is 1.94 bits per heavy atom. The van der Waals surface area contributed by atoms with Gasteiger partial charge in [-0.1, -0.05) is 11.2 Å². The first kappa shape index (κ1) is 22.1. The van der Waals surface area contributed by atoms with Gasteiger partial charge in [-0.05, 0) is 52.8 Å². The number of carbonyl (C=O) groups is 1. The zero-order valence-corrected chi connectivity index (χ0v) is 18.7. The average Bonchev–Trinajstić information content (AvgIpc) is 3.04. The fourth-order valence-corrected chi connectivity index (χ4v) is 3.16. The van der Waals surface area contributed by atoms with E-state index in [1.54, 1.807) is 13.3 Å². The van der Waals surface area contributed by atoms with Crippen LogP contribution in [0.5, 0.6) is 5.75 Å². The highest BCUT2D eigenvalue weighted by Gasteiger charge is 2.22. The van der Waals surface area contributed by atoms with Crippen molar-refractivity contribution in [1.29, 1.82) is 0 Å². The van der Waals surface area contributed by atoms with Crippen LogP contribution in [0.2, 0.25) is 0 Å². The van der Waals surface area contributed by atoms with Gasteiger partial charge >= 0.3 is 6.09 Å². The number of aryl methyl sites for hydroxylation is 2. The van der Waals surface area contributed by atoms with E-state index in [1.807, 2.05) is 65.0 Å². The topological polar surface area (TPSA) is 98.5 Å². The molecule has 0 bridgehead atoms. The fraction of sp³-hybridized carbons (Fsp3) is 0.348. The van der Waals surface area contributed by atoms with E-state index >= 15 is 0 Å². The van der Waals surface area contributed by atoms with Crippen molar-refractivity contribution in [3.05, 3.63) is 53.7 Å². The minimum atomic E-state index is -0.622. The van der Waals surface area contributed by atoms with Crippen LogP contribution in [0.4, 0.5) is 16.2 Å². The SMILES string of the molecule is COc1cc(NCc2ccccn2)c(NC(=O)OC(C)(C)C)cc1-c1c(C)noc1C. The number of pyridine rings is 1. The van der Waals surface area contributed by atoms with Gasteiger partial charge in [0.15, 0.2) is 0 Å². The number of aromatic nitrogens is 2. The number of rotatable bonds is 6. The summed E-state index contributed by atoms with van der Waals surface area (Å²) in [7, 11) is 1.60. The Bertz CT molecular complexity index is 1040. The predicted octanol–water partition coefficient (Wildman–Crippen LogP) is 5.32.